The summed E-state index contributed by atoms with van der Waals surface area (Å²) < 4.78 is 0. The third-order valence-corrected chi connectivity index (χ3v) is 3.92. The minimum atomic E-state index is -0.436. The minimum Gasteiger partial charge on any atom is -0.389 e. The van der Waals surface area contributed by atoms with Crippen molar-refractivity contribution in [3.63, 3.8) is 0 Å². The lowest BCUT2D eigenvalue weighted by Gasteiger charge is -2.26. The van der Waals surface area contributed by atoms with Crippen LogP contribution in [0.1, 0.15) is 44.3 Å². The summed E-state index contributed by atoms with van der Waals surface area (Å²) >= 11 is 0. The van der Waals surface area contributed by atoms with Gasteiger partial charge in [-0.2, -0.15) is 0 Å². The van der Waals surface area contributed by atoms with E-state index in [1.54, 1.807) is 0 Å². The number of hydrogen-bond donors (Lipinski definition) is 1. The zero-order chi connectivity index (χ0) is 12.5. The van der Waals surface area contributed by atoms with Crippen LogP contribution in [-0.2, 0) is 0 Å². The second-order valence-electron chi connectivity index (χ2n) is 5.88. The Balaban J connectivity index is 1.82. The molecule has 3 nitrogen and oxygen atoms in total. The van der Waals surface area contributed by atoms with Gasteiger partial charge in [0.2, 0.25) is 0 Å². The van der Waals surface area contributed by atoms with Crippen molar-refractivity contribution in [2.24, 2.45) is 11.8 Å². The van der Waals surface area contributed by atoms with Gasteiger partial charge >= 0.3 is 0 Å². The lowest BCUT2D eigenvalue weighted by atomic mass is 10.1. The molecule has 0 radical (unpaired) electrons. The maximum absolute atomic E-state index is 9.89. The monoisotopic (exact) mass is 246 g/mol. The zero-order valence-corrected chi connectivity index (χ0v) is 11.0. The molecule has 2 aliphatic carbocycles. The number of aromatic nitrogens is 1. The van der Waals surface area contributed by atoms with Gasteiger partial charge in [0.15, 0.2) is 0 Å². The molecule has 1 aromatic heterocycles. The van der Waals surface area contributed by atoms with Gasteiger partial charge in [-0.25, -0.2) is 4.98 Å². The van der Waals surface area contributed by atoms with E-state index in [4.69, 9.17) is 0 Å². The average molecular weight is 246 g/mol. The molecule has 0 spiro atoms. The highest BCUT2D eigenvalue weighted by molar-refractivity contribution is 5.48. The van der Waals surface area contributed by atoms with Crippen LogP contribution in [0.3, 0.4) is 0 Å². The van der Waals surface area contributed by atoms with E-state index >= 15 is 0 Å². The molecule has 0 aromatic carbocycles. The summed E-state index contributed by atoms with van der Waals surface area (Å²) in [5.74, 6) is 2.71. The van der Waals surface area contributed by atoms with Crippen molar-refractivity contribution in [1.82, 2.24) is 4.98 Å². The van der Waals surface area contributed by atoms with E-state index in [2.05, 4.69) is 9.88 Å². The topological polar surface area (TPSA) is 36.4 Å². The predicted molar refractivity (Wildman–Crippen MR) is 72.5 cm³/mol. The van der Waals surface area contributed by atoms with Crippen molar-refractivity contribution >= 4 is 5.82 Å². The van der Waals surface area contributed by atoms with E-state index < -0.39 is 6.10 Å². The molecule has 0 saturated heterocycles. The van der Waals surface area contributed by atoms with Crippen LogP contribution in [0.2, 0.25) is 0 Å². The molecule has 1 atom stereocenters. The third-order valence-electron chi connectivity index (χ3n) is 3.92. The lowest BCUT2D eigenvalue weighted by Crippen LogP contribution is -2.30. The van der Waals surface area contributed by atoms with E-state index in [1.165, 1.54) is 25.7 Å². The van der Waals surface area contributed by atoms with Crippen molar-refractivity contribution in [1.29, 1.82) is 0 Å². The van der Waals surface area contributed by atoms with Crippen molar-refractivity contribution < 1.29 is 5.11 Å². The second-order valence-corrected chi connectivity index (χ2v) is 5.88. The lowest BCUT2D eigenvalue weighted by molar-refractivity contribution is 0.199. The smallest absolute Gasteiger partial charge is 0.134 e. The van der Waals surface area contributed by atoms with Gasteiger partial charge in [0.1, 0.15) is 5.82 Å². The zero-order valence-electron chi connectivity index (χ0n) is 11.0. The van der Waals surface area contributed by atoms with Crippen LogP contribution >= 0.6 is 0 Å². The maximum Gasteiger partial charge on any atom is 0.134 e. The number of pyridine rings is 1. The molecule has 0 amide bonds. The fourth-order valence-electron chi connectivity index (χ4n) is 2.47. The summed E-state index contributed by atoms with van der Waals surface area (Å²) in [5, 5.41) is 9.89. The average Bonchev–Trinajstić information content (AvgIpc) is 3.23. The summed E-state index contributed by atoms with van der Waals surface area (Å²) in [6.45, 7) is 4.06. The molecule has 98 valence electrons. The Kier molecular flexibility index (Phi) is 3.25. The van der Waals surface area contributed by atoms with Gasteiger partial charge < -0.3 is 10.0 Å². The number of hydrogen-bond acceptors (Lipinski definition) is 3. The summed E-state index contributed by atoms with van der Waals surface area (Å²) in [7, 11) is 0. The Morgan fingerprint density at radius 1 is 1.28 bits per heavy atom. The molecule has 3 rings (SSSR count). The number of aliphatic hydroxyl groups excluding tert-OH is 1. The summed E-state index contributed by atoms with van der Waals surface area (Å²) in [6.07, 6.45) is 6.84. The van der Waals surface area contributed by atoms with Crippen molar-refractivity contribution in [2.45, 2.75) is 38.7 Å². The molecule has 0 bridgehead atoms. The van der Waals surface area contributed by atoms with Gasteiger partial charge in [-0.15, -0.1) is 0 Å². The second kappa shape index (κ2) is 4.88. The molecule has 1 N–H and O–H groups in total. The first kappa shape index (κ1) is 12.0. The molecule has 0 aliphatic heterocycles. The van der Waals surface area contributed by atoms with E-state index in [0.29, 0.717) is 0 Å². The summed E-state index contributed by atoms with van der Waals surface area (Å²) in [4.78, 5) is 6.94. The van der Waals surface area contributed by atoms with Gasteiger partial charge in [-0.3, -0.25) is 0 Å². The standard InChI is InChI=1S/C15H22N2O/c1-11(18)14-3-2-8-16-15(14)17(9-12-4-5-12)10-13-6-7-13/h2-3,8,11-13,18H,4-7,9-10H2,1H3. The fourth-order valence-corrected chi connectivity index (χ4v) is 2.47. The minimum absolute atomic E-state index is 0.436. The first-order valence-electron chi connectivity index (χ1n) is 7.12. The predicted octanol–water partition coefficient (Wildman–Crippen LogP) is 2.76. The van der Waals surface area contributed by atoms with Crippen LogP contribution in [0.25, 0.3) is 0 Å². The molecular weight excluding hydrogens is 224 g/mol. The van der Waals surface area contributed by atoms with Crippen LogP contribution in [0, 0.1) is 11.8 Å². The first-order chi connectivity index (χ1) is 8.74. The summed E-state index contributed by atoms with van der Waals surface area (Å²) in [5.41, 5.74) is 0.971. The highest BCUT2D eigenvalue weighted by Crippen LogP contribution is 2.36. The Hall–Kier alpha value is -1.09. The fraction of sp³-hybridized carbons (Fsp3) is 0.667. The van der Waals surface area contributed by atoms with Gasteiger partial charge in [0, 0.05) is 24.8 Å². The Bertz CT molecular complexity index is 397. The first-order valence-corrected chi connectivity index (χ1v) is 7.12. The normalized spacial score (nSPS) is 20.8. The molecule has 3 heteroatoms. The van der Waals surface area contributed by atoms with Crippen LogP contribution < -0.4 is 4.90 Å². The SMILES string of the molecule is CC(O)c1cccnc1N(CC1CC1)CC1CC1. The quantitative estimate of drug-likeness (QED) is 0.838. The molecule has 2 fully saturated rings. The van der Waals surface area contributed by atoms with Crippen LogP contribution in [0.4, 0.5) is 5.82 Å². The third kappa shape index (κ3) is 2.83. The summed E-state index contributed by atoms with van der Waals surface area (Å²) in [6, 6.07) is 3.91. The molecule has 1 unspecified atom stereocenters. The maximum atomic E-state index is 9.89. The van der Waals surface area contributed by atoms with E-state index in [-0.39, 0.29) is 0 Å². The van der Waals surface area contributed by atoms with Gasteiger partial charge in [-0.1, -0.05) is 6.07 Å². The molecule has 1 aromatic rings. The highest BCUT2D eigenvalue weighted by Gasteiger charge is 2.30. The molecular formula is C15H22N2O. The number of anilines is 1. The van der Waals surface area contributed by atoms with Crippen molar-refractivity contribution in [2.75, 3.05) is 18.0 Å². The van der Waals surface area contributed by atoms with Crippen LogP contribution in [0.5, 0.6) is 0 Å². The van der Waals surface area contributed by atoms with Crippen molar-refractivity contribution in [3.8, 4) is 0 Å². The van der Waals surface area contributed by atoms with Crippen molar-refractivity contribution in [3.05, 3.63) is 23.9 Å². The molecule has 2 saturated carbocycles. The van der Waals surface area contributed by atoms with E-state index in [1.807, 2.05) is 25.3 Å². The number of aliphatic hydroxyl groups is 1. The van der Waals surface area contributed by atoms with Gasteiger partial charge in [0.25, 0.3) is 0 Å². The van der Waals surface area contributed by atoms with Crippen LogP contribution in [0.15, 0.2) is 18.3 Å². The van der Waals surface area contributed by atoms with Crippen LogP contribution in [-0.4, -0.2) is 23.2 Å². The largest absolute Gasteiger partial charge is 0.389 e. The number of nitrogens with zero attached hydrogens (tertiary/aromatic N) is 2. The molecule has 1 heterocycles. The van der Waals surface area contributed by atoms with E-state index in [9.17, 15) is 5.11 Å². The molecule has 2 aliphatic rings. The highest BCUT2D eigenvalue weighted by atomic mass is 16.3. The Morgan fingerprint density at radius 2 is 1.89 bits per heavy atom. The van der Waals surface area contributed by atoms with Gasteiger partial charge in [0.05, 0.1) is 6.10 Å². The Morgan fingerprint density at radius 3 is 2.39 bits per heavy atom. The molecule has 18 heavy (non-hydrogen) atoms. The van der Waals surface area contributed by atoms with E-state index in [0.717, 1.165) is 36.3 Å². The Labute approximate surface area is 109 Å². The van der Waals surface area contributed by atoms with Gasteiger partial charge in [-0.05, 0) is 50.5 Å². The number of rotatable bonds is 6.